The van der Waals surface area contributed by atoms with Gasteiger partial charge in [-0.15, -0.1) is 0 Å². The quantitative estimate of drug-likeness (QED) is 0.884. The highest BCUT2D eigenvalue weighted by molar-refractivity contribution is 5.70. The first-order valence-corrected chi connectivity index (χ1v) is 8.16. The molecule has 0 aliphatic carbocycles. The predicted octanol–water partition coefficient (Wildman–Crippen LogP) is 2.70. The van der Waals surface area contributed by atoms with Crippen molar-refractivity contribution in [1.29, 1.82) is 5.26 Å². The van der Waals surface area contributed by atoms with Crippen LogP contribution in [0.25, 0.3) is 0 Å². The van der Waals surface area contributed by atoms with Crippen LogP contribution in [0.4, 0.5) is 17.3 Å². The second kappa shape index (κ2) is 7.18. The van der Waals surface area contributed by atoms with E-state index in [2.05, 4.69) is 26.3 Å². The van der Waals surface area contributed by atoms with Gasteiger partial charge >= 0.3 is 5.97 Å². The molecule has 2 heterocycles. The summed E-state index contributed by atoms with van der Waals surface area (Å²) in [4.78, 5) is 22.0. The molecule has 0 radical (unpaired) electrons. The van der Waals surface area contributed by atoms with Crippen LogP contribution in [0.15, 0.2) is 30.3 Å². The summed E-state index contributed by atoms with van der Waals surface area (Å²) < 4.78 is 0. The third kappa shape index (κ3) is 4.04. The molecule has 7 heteroatoms. The summed E-state index contributed by atoms with van der Waals surface area (Å²) in [7, 11) is 0. The van der Waals surface area contributed by atoms with Gasteiger partial charge in [0.15, 0.2) is 0 Å². The maximum Gasteiger partial charge on any atom is 0.306 e. The molecule has 0 atom stereocenters. The maximum absolute atomic E-state index is 11.1. The molecule has 1 aromatic heterocycles. The van der Waals surface area contributed by atoms with Gasteiger partial charge in [0.25, 0.3) is 0 Å². The molecule has 25 heavy (non-hydrogen) atoms. The summed E-state index contributed by atoms with van der Waals surface area (Å²) in [5, 5.41) is 21.3. The molecule has 128 valence electrons. The lowest BCUT2D eigenvalue weighted by atomic mass is 9.97. The second-order valence-corrected chi connectivity index (χ2v) is 6.08. The number of aromatic nitrogens is 2. The van der Waals surface area contributed by atoms with E-state index in [1.807, 2.05) is 25.1 Å². The summed E-state index contributed by atoms with van der Waals surface area (Å²) in [6.45, 7) is 3.15. The Kier molecular flexibility index (Phi) is 4.80. The summed E-state index contributed by atoms with van der Waals surface area (Å²) in [5.74, 6) is 1.08. The minimum absolute atomic E-state index is 0.273. The normalized spacial score (nSPS) is 14.8. The first kappa shape index (κ1) is 16.7. The van der Waals surface area contributed by atoms with Crippen molar-refractivity contribution >= 4 is 23.3 Å². The Labute approximate surface area is 145 Å². The number of aryl methyl sites for hydroxylation is 1. The molecular weight excluding hydrogens is 318 g/mol. The number of aliphatic carboxylic acids is 1. The number of carboxylic acid groups (broad SMARTS) is 1. The molecular formula is C18H19N5O2. The lowest BCUT2D eigenvalue weighted by molar-refractivity contribution is -0.142. The van der Waals surface area contributed by atoms with Gasteiger partial charge in [-0.25, -0.2) is 9.97 Å². The molecule has 1 fully saturated rings. The van der Waals surface area contributed by atoms with Crippen LogP contribution in [0.2, 0.25) is 0 Å². The zero-order valence-electron chi connectivity index (χ0n) is 13.9. The van der Waals surface area contributed by atoms with E-state index in [0.29, 0.717) is 43.1 Å². The Morgan fingerprint density at radius 2 is 2.08 bits per heavy atom. The number of nitrogens with zero attached hydrogens (tertiary/aromatic N) is 4. The van der Waals surface area contributed by atoms with E-state index in [1.54, 1.807) is 12.1 Å². The number of piperidine rings is 1. The fourth-order valence-corrected chi connectivity index (χ4v) is 2.95. The minimum atomic E-state index is -0.724. The number of carboxylic acids is 1. The number of hydrogen-bond donors (Lipinski definition) is 2. The van der Waals surface area contributed by atoms with Crippen LogP contribution in [-0.2, 0) is 4.79 Å². The number of hydrogen-bond acceptors (Lipinski definition) is 6. The van der Waals surface area contributed by atoms with Crippen molar-refractivity contribution in [3.63, 3.8) is 0 Å². The van der Waals surface area contributed by atoms with E-state index in [9.17, 15) is 4.79 Å². The summed E-state index contributed by atoms with van der Waals surface area (Å²) >= 11 is 0. The Bertz CT molecular complexity index is 822. The van der Waals surface area contributed by atoms with Crippen LogP contribution in [0.1, 0.15) is 24.2 Å². The van der Waals surface area contributed by atoms with Crippen molar-refractivity contribution in [2.24, 2.45) is 5.92 Å². The summed E-state index contributed by atoms with van der Waals surface area (Å²) in [6.07, 6.45) is 1.23. The Hall–Kier alpha value is -3.14. The van der Waals surface area contributed by atoms with E-state index in [-0.39, 0.29) is 5.92 Å². The molecule has 0 saturated carbocycles. The highest BCUT2D eigenvalue weighted by Gasteiger charge is 2.25. The van der Waals surface area contributed by atoms with Crippen molar-refractivity contribution in [2.75, 3.05) is 23.3 Å². The lowest BCUT2D eigenvalue weighted by Gasteiger charge is -2.31. The Morgan fingerprint density at radius 3 is 2.76 bits per heavy atom. The lowest BCUT2D eigenvalue weighted by Crippen LogP contribution is -2.36. The highest BCUT2D eigenvalue weighted by atomic mass is 16.4. The van der Waals surface area contributed by atoms with Gasteiger partial charge in [-0.3, -0.25) is 4.79 Å². The van der Waals surface area contributed by atoms with E-state index in [1.165, 1.54) is 0 Å². The van der Waals surface area contributed by atoms with Gasteiger partial charge in [0.2, 0.25) is 0 Å². The molecule has 1 aromatic carbocycles. The summed E-state index contributed by atoms with van der Waals surface area (Å²) in [5.41, 5.74) is 1.36. The van der Waals surface area contributed by atoms with Gasteiger partial charge in [-0.2, -0.15) is 5.26 Å². The van der Waals surface area contributed by atoms with Gasteiger partial charge < -0.3 is 15.3 Å². The average Bonchev–Trinajstić information content (AvgIpc) is 2.61. The van der Waals surface area contributed by atoms with Crippen LogP contribution < -0.4 is 10.2 Å². The maximum atomic E-state index is 11.1. The van der Waals surface area contributed by atoms with E-state index >= 15 is 0 Å². The molecule has 2 aromatic rings. The molecule has 0 amide bonds. The molecule has 0 unspecified atom stereocenters. The number of nitriles is 1. The minimum Gasteiger partial charge on any atom is -0.481 e. The molecule has 7 nitrogen and oxygen atoms in total. The van der Waals surface area contributed by atoms with Crippen LogP contribution in [0.3, 0.4) is 0 Å². The van der Waals surface area contributed by atoms with Gasteiger partial charge in [-0.05, 0) is 38.0 Å². The predicted molar refractivity (Wildman–Crippen MR) is 93.8 cm³/mol. The fourth-order valence-electron chi connectivity index (χ4n) is 2.95. The van der Waals surface area contributed by atoms with Crippen LogP contribution >= 0.6 is 0 Å². The Balaban J connectivity index is 1.77. The van der Waals surface area contributed by atoms with E-state index in [0.717, 1.165) is 11.5 Å². The van der Waals surface area contributed by atoms with E-state index in [4.69, 9.17) is 10.4 Å². The number of benzene rings is 1. The zero-order chi connectivity index (χ0) is 17.8. The molecule has 2 N–H and O–H groups in total. The second-order valence-electron chi connectivity index (χ2n) is 6.08. The summed E-state index contributed by atoms with van der Waals surface area (Å²) in [6, 6.07) is 11.2. The third-order valence-corrected chi connectivity index (χ3v) is 4.26. The molecule has 1 aliphatic rings. The first-order valence-electron chi connectivity index (χ1n) is 8.16. The first-order chi connectivity index (χ1) is 12.0. The van der Waals surface area contributed by atoms with Crippen molar-refractivity contribution in [3.05, 3.63) is 41.7 Å². The smallest absolute Gasteiger partial charge is 0.306 e. The number of rotatable bonds is 4. The number of anilines is 3. The molecule has 1 aliphatic heterocycles. The average molecular weight is 337 g/mol. The van der Waals surface area contributed by atoms with Crippen molar-refractivity contribution < 1.29 is 9.90 Å². The van der Waals surface area contributed by atoms with E-state index < -0.39 is 5.97 Å². The number of nitrogens with one attached hydrogen (secondary N) is 1. The number of carbonyl (C=O) groups is 1. The van der Waals surface area contributed by atoms with Crippen LogP contribution in [0.5, 0.6) is 0 Å². The molecule has 0 bridgehead atoms. The molecule has 1 saturated heterocycles. The van der Waals surface area contributed by atoms with Gasteiger partial charge in [-0.1, -0.05) is 6.07 Å². The SMILES string of the molecule is Cc1nc(Nc2cccc(C#N)c2)cc(N2CCC(C(=O)O)CC2)n1. The molecule has 0 spiro atoms. The van der Waals surface area contributed by atoms with Crippen molar-refractivity contribution in [3.8, 4) is 6.07 Å². The standard InChI is InChI=1S/C18H19N5O2/c1-12-20-16(22-15-4-2-3-13(9-15)11-19)10-17(21-12)23-7-5-14(6-8-23)18(24)25/h2-4,9-10,14H,5-8H2,1H3,(H,24,25)(H,20,21,22). The van der Waals surface area contributed by atoms with Gasteiger partial charge in [0.05, 0.1) is 17.6 Å². The largest absolute Gasteiger partial charge is 0.481 e. The fraction of sp³-hybridized carbons (Fsp3) is 0.333. The van der Waals surface area contributed by atoms with Gasteiger partial charge in [0, 0.05) is 24.8 Å². The monoisotopic (exact) mass is 337 g/mol. The third-order valence-electron chi connectivity index (χ3n) is 4.26. The van der Waals surface area contributed by atoms with Crippen LogP contribution in [-0.4, -0.2) is 34.1 Å². The van der Waals surface area contributed by atoms with Gasteiger partial charge in [0.1, 0.15) is 17.5 Å². The van der Waals surface area contributed by atoms with Crippen LogP contribution in [0, 0.1) is 24.2 Å². The van der Waals surface area contributed by atoms with Crippen molar-refractivity contribution in [1.82, 2.24) is 9.97 Å². The highest BCUT2D eigenvalue weighted by Crippen LogP contribution is 2.25. The topological polar surface area (TPSA) is 102 Å². The van der Waals surface area contributed by atoms with Crippen molar-refractivity contribution in [2.45, 2.75) is 19.8 Å². The zero-order valence-corrected chi connectivity index (χ0v) is 13.9. The molecule has 3 rings (SSSR count). The Morgan fingerprint density at radius 1 is 1.32 bits per heavy atom.